The van der Waals surface area contributed by atoms with Crippen molar-refractivity contribution in [2.45, 2.75) is 18.5 Å². The lowest BCUT2D eigenvalue weighted by atomic mass is 10.2. The van der Waals surface area contributed by atoms with E-state index in [4.69, 9.17) is 0 Å². The third kappa shape index (κ3) is 3.99. The summed E-state index contributed by atoms with van der Waals surface area (Å²) in [7, 11) is 0. The van der Waals surface area contributed by atoms with Gasteiger partial charge in [-0.3, -0.25) is 4.79 Å². The maximum Gasteiger partial charge on any atom is 0.365 e. The monoisotopic (exact) mass is 340 g/mol. The molecule has 2 aromatic carbocycles. The third-order valence-electron chi connectivity index (χ3n) is 3.47. The van der Waals surface area contributed by atoms with E-state index in [1.54, 1.807) is 4.68 Å². The molecule has 0 aliphatic rings. The van der Waals surface area contributed by atoms with Crippen molar-refractivity contribution in [2.24, 2.45) is 0 Å². The molecule has 7 heteroatoms. The first-order chi connectivity index (χ1) is 11.7. The minimum absolute atomic E-state index is 0.00782. The molecule has 1 heterocycles. The Morgan fingerprint density at radius 3 is 2.71 bits per heavy atom. The number of aromatic nitrogens is 4. The number of benzene rings is 2. The number of aromatic amines is 1. The van der Waals surface area contributed by atoms with Crippen molar-refractivity contribution in [2.75, 3.05) is 11.1 Å². The fourth-order valence-corrected chi connectivity index (χ4v) is 3.04. The van der Waals surface area contributed by atoms with E-state index in [0.717, 1.165) is 22.1 Å². The Balaban J connectivity index is 1.55. The van der Waals surface area contributed by atoms with Gasteiger partial charge in [0.1, 0.15) is 10.8 Å². The molecule has 1 amide bonds. The number of tetrazole rings is 1. The highest BCUT2D eigenvalue weighted by Gasteiger charge is 2.17. The van der Waals surface area contributed by atoms with Crippen molar-refractivity contribution in [1.29, 1.82) is 0 Å². The van der Waals surface area contributed by atoms with Gasteiger partial charge in [-0.15, -0.1) is 4.68 Å². The number of carbonyl (C=O) groups excluding carboxylic acids is 1. The number of H-pyrrole nitrogens is 1. The molecule has 0 atom stereocenters. The minimum atomic E-state index is -0.00782. The summed E-state index contributed by atoms with van der Waals surface area (Å²) in [6.07, 6.45) is 0.403. The van der Waals surface area contributed by atoms with Crippen molar-refractivity contribution in [3.63, 3.8) is 0 Å². The molecule has 0 saturated carbocycles. The Bertz CT molecular complexity index is 819. The van der Waals surface area contributed by atoms with Crippen LogP contribution in [0.5, 0.6) is 0 Å². The molecule has 0 bridgehead atoms. The Labute approximate surface area is 144 Å². The zero-order chi connectivity index (χ0) is 16.8. The molecule has 0 fully saturated rings. The Hall–Kier alpha value is -2.67. The number of hydrogen-bond acceptors (Lipinski definition) is 4. The molecule has 24 heavy (non-hydrogen) atoms. The van der Waals surface area contributed by atoms with Crippen LogP contribution in [0, 0.1) is 6.92 Å². The maximum absolute atomic E-state index is 12.1. The molecule has 1 aromatic heterocycles. The standard InChI is InChI=1S/C17H17N5OS/c1-13-7-5-6-10-15(13)18-16(23)11-12-24-17-19-20-21-22(17)14-8-3-2-4-9-14/h2-10H,11-12H2,1H3,(H,18,23)/p+1. The second-order valence-electron chi connectivity index (χ2n) is 5.22. The normalized spacial score (nSPS) is 10.5. The van der Waals surface area contributed by atoms with Crippen LogP contribution in [0.2, 0.25) is 0 Å². The van der Waals surface area contributed by atoms with Gasteiger partial charge in [-0.1, -0.05) is 41.6 Å². The number of nitrogens with one attached hydrogen (secondary N) is 2. The number of thioether (sulfide) groups is 1. The molecule has 0 aliphatic carbocycles. The summed E-state index contributed by atoms with van der Waals surface area (Å²) < 4.78 is 1.80. The maximum atomic E-state index is 12.1. The fourth-order valence-electron chi connectivity index (χ4n) is 2.20. The van der Waals surface area contributed by atoms with Crippen molar-refractivity contribution in [1.82, 2.24) is 15.5 Å². The number of amides is 1. The predicted molar refractivity (Wildman–Crippen MR) is 93.1 cm³/mol. The summed E-state index contributed by atoms with van der Waals surface area (Å²) in [5, 5.41) is 14.4. The molecule has 0 unspecified atom stereocenters. The SMILES string of the molecule is Cc1ccccc1NC(=O)CCSc1nn[nH][n+]1-c1ccccc1. The minimum Gasteiger partial charge on any atom is -0.326 e. The molecule has 0 aliphatic heterocycles. The first kappa shape index (κ1) is 16.2. The highest BCUT2D eigenvalue weighted by Crippen LogP contribution is 2.16. The lowest BCUT2D eigenvalue weighted by Crippen LogP contribution is -2.35. The Morgan fingerprint density at radius 1 is 1.17 bits per heavy atom. The highest BCUT2D eigenvalue weighted by atomic mass is 32.2. The van der Waals surface area contributed by atoms with Gasteiger partial charge in [0.2, 0.25) is 5.91 Å². The van der Waals surface area contributed by atoms with Gasteiger partial charge < -0.3 is 5.32 Å². The van der Waals surface area contributed by atoms with E-state index in [1.165, 1.54) is 11.8 Å². The average Bonchev–Trinajstić information content (AvgIpc) is 3.06. The van der Waals surface area contributed by atoms with Crippen LogP contribution in [0.25, 0.3) is 5.69 Å². The summed E-state index contributed by atoms with van der Waals surface area (Å²) in [5.74, 6) is 0.614. The number of aryl methyl sites for hydroxylation is 1. The number of hydrogen-bond donors (Lipinski definition) is 2. The largest absolute Gasteiger partial charge is 0.365 e. The summed E-state index contributed by atoms with van der Waals surface area (Å²) in [6.45, 7) is 1.97. The van der Waals surface area contributed by atoms with E-state index in [2.05, 4.69) is 20.8 Å². The van der Waals surface area contributed by atoms with E-state index >= 15 is 0 Å². The fraction of sp³-hybridized carbons (Fsp3) is 0.176. The smallest absolute Gasteiger partial charge is 0.326 e. The second-order valence-corrected chi connectivity index (χ2v) is 6.28. The third-order valence-corrected chi connectivity index (χ3v) is 4.40. The topological polar surface area (TPSA) is 74.5 Å². The molecule has 2 N–H and O–H groups in total. The first-order valence-corrected chi connectivity index (χ1v) is 8.59. The van der Waals surface area contributed by atoms with Crippen molar-refractivity contribution < 1.29 is 9.48 Å². The molecule has 3 rings (SSSR count). The Morgan fingerprint density at radius 2 is 1.92 bits per heavy atom. The van der Waals surface area contributed by atoms with Crippen molar-refractivity contribution >= 4 is 23.4 Å². The van der Waals surface area contributed by atoms with Gasteiger partial charge in [-0.05, 0) is 42.4 Å². The first-order valence-electron chi connectivity index (χ1n) is 7.61. The van der Waals surface area contributed by atoms with Crippen molar-refractivity contribution in [3.8, 4) is 5.69 Å². The quantitative estimate of drug-likeness (QED) is 0.534. The van der Waals surface area contributed by atoms with Crippen LogP contribution in [0.3, 0.4) is 0 Å². The van der Waals surface area contributed by atoms with Gasteiger partial charge in [-0.25, -0.2) is 0 Å². The van der Waals surface area contributed by atoms with Crippen molar-refractivity contribution in [3.05, 3.63) is 60.2 Å². The lowest BCUT2D eigenvalue weighted by molar-refractivity contribution is -0.697. The van der Waals surface area contributed by atoms with E-state index in [9.17, 15) is 4.79 Å². The summed E-state index contributed by atoms with van der Waals surface area (Å²) in [4.78, 5) is 12.1. The molecule has 0 spiro atoms. The lowest BCUT2D eigenvalue weighted by Gasteiger charge is -2.07. The van der Waals surface area contributed by atoms with Gasteiger partial charge in [-0.2, -0.15) is 0 Å². The van der Waals surface area contributed by atoms with Crippen LogP contribution in [-0.2, 0) is 4.79 Å². The van der Waals surface area contributed by atoms with E-state index in [1.807, 2.05) is 61.5 Å². The number of rotatable bonds is 6. The Kier molecular flexibility index (Phi) is 5.22. The summed E-state index contributed by atoms with van der Waals surface area (Å²) in [5.41, 5.74) is 2.86. The molecular formula is C17H18N5OS+. The van der Waals surface area contributed by atoms with Crippen LogP contribution >= 0.6 is 11.8 Å². The molecule has 0 radical (unpaired) electrons. The molecule has 6 nitrogen and oxygen atoms in total. The van der Waals surface area contributed by atoms with Crippen LogP contribution in [0.4, 0.5) is 5.69 Å². The average molecular weight is 340 g/mol. The van der Waals surface area contributed by atoms with Gasteiger partial charge in [0.25, 0.3) is 0 Å². The van der Waals surface area contributed by atoms with Crippen LogP contribution in [0.15, 0.2) is 59.8 Å². The second kappa shape index (κ2) is 7.74. The van der Waals surface area contributed by atoms with Crippen LogP contribution in [0.1, 0.15) is 12.0 Å². The number of para-hydroxylation sites is 2. The predicted octanol–water partition coefficient (Wildman–Crippen LogP) is 2.51. The number of carbonyl (C=O) groups is 1. The molecule has 0 saturated heterocycles. The zero-order valence-electron chi connectivity index (χ0n) is 13.3. The highest BCUT2D eigenvalue weighted by molar-refractivity contribution is 7.99. The molecular weight excluding hydrogens is 322 g/mol. The number of anilines is 1. The van der Waals surface area contributed by atoms with E-state index in [-0.39, 0.29) is 5.91 Å². The number of nitrogens with zero attached hydrogens (tertiary/aromatic N) is 3. The summed E-state index contributed by atoms with van der Waals surface area (Å²) in [6, 6.07) is 17.5. The molecule has 122 valence electrons. The van der Waals surface area contributed by atoms with Gasteiger partial charge in [0, 0.05) is 17.9 Å². The van der Waals surface area contributed by atoms with Crippen LogP contribution < -0.4 is 10.00 Å². The zero-order valence-corrected chi connectivity index (χ0v) is 14.1. The van der Waals surface area contributed by atoms with Crippen LogP contribution in [-0.4, -0.2) is 27.2 Å². The van der Waals surface area contributed by atoms with E-state index < -0.39 is 0 Å². The van der Waals surface area contributed by atoms with Gasteiger partial charge in [0.15, 0.2) is 5.21 Å². The molecule has 3 aromatic rings. The van der Waals surface area contributed by atoms with Gasteiger partial charge >= 0.3 is 5.16 Å². The van der Waals surface area contributed by atoms with Gasteiger partial charge in [0.05, 0.1) is 0 Å². The van der Waals surface area contributed by atoms with E-state index in [0.29, 0.717) is 12.2 Å². The summed E-state index contributed by atoms with van der Waals surface area (Å²) >= 11 is 1.49.